The van der Waals surface area contributed by atoms with Crippen LogP contribution in [0.1, 0.15) is 23.2 Å². The Bertz CT molecular complexity index is 689. The normalized spacial score (nSPS) is 15.6. The van der Waals surface area contributed by atoms with Crippen molar-refractivity contribution in [1.29, 1.82) is 0 Å². The fourth-order valence-corrected chi connectivity index (χ4v) is 3.86. The Morgan fingerprint density at radius 1 is 1.28 bits per heavy atom. The van der Waals surface area contributed by atoms with Crippen LogP contribution in [0.3, 0.4) is 0 Å². The molecule has 2 N–H and O–H groups in total. The van der Waals surface area contributed by atoms with Crippen LogP contribution in [-0.2, 0) is 10.0 Å². The zero-order chi connectivity index (χ0) is 17.7. The van der Waals surface area contributed by atoms with E-state index in [1.54, 1.807) is 11.0 Å². The van der Waals surface area contributed by atoms with E-state index in [-0.39, 0.29) is 29.0 Å². The highest BCUT2D eigenvalue weighted by molar-refractivity contribution is 7.89. The molecule has 0 radical (unpaired) electrons. The molecule has 0 spiro atoms. The van der Waals surface area contributed by atoms with Crippen molar-refractivity contribution in [2.75, 3.05) is 40.8 Å². The van der Waals surface area contributed by atoms with E-state index < -0.39 is 10.0 Å². The smallest absolute Gasteiger partial charge is 0.253 e. The van der Waals surface area contributed by atoms with E-state index in [1.165, 1.54) is 26.3 Å². The van der Waals surface area contributed by atoms with Crippen LogP contribution in [0.2, 0.25) is 0 Å². The maximum atomic E-state index is 12.7. The van der Waals surface area contributed by atoms with Crippen molar-refractivity contribution in [3.63, 3.8) is 0 Å². The first-order valence-electron chi connectivity index (χ1n) is 7.98. The van der Waals surface area contributed by atoms with Crippen LogP contribution in [0.25, 0.3) is 0 Å². The number of nitrogens with one attached hydrogen (secondary N) is 2. The van der Waals surface area contributed by atoms with Crippen molar-refractivity contribution < 1.29 is 17.9 Å². The number of carbonyl (C=O) groups is 1. The first kappa shape index (κ1) is 21.7. The van der Waals surface area contributed by atoms with Gasteiger partial charge in [-0.2, -0.15) is 0 Å². The van der Waals surface area contributed by atoms with Crippen LogP contribution < -0.4 is 14.8 Å². The molecular weight excluding hydrogens is 366 g/mol. The highest BCUT2D eigenvalue weighted by atomic mass is 35.5. The summed E-state index contributed by atoms with van der Waals surface area (Å²) in [5.74, 6) is 0.650. The van der Waals surface area contributed by atoms with Gasteiger partial charge in [0.05, 0.1) is 7.11 Å². The van der Waals surface area contributed by atoms with Crippen LogP contribution in [0.4, 0.5) is 0 Å². The van der Waals surface area contributed by atoms with E-state index in [1.807, 2.05) is 7.05 Å². The first-order valence-corrected chi connectivity index (χ1v) is 9.46. The van der Waals surface area contributed by atoms with E-state index in [2.05, 4.69) is 10.0 Å². The summed E-state index contributed by atoms with van der Waals surface area (Å²) in [5.41, 5.74) is 0.358. The molecule has 0 unspecified atom stereocenters. The maximum absolute atomic E-state index is 12.7. The van der Waals surface area contributed by atoms with Gasteiger partial charge in [-0.05, 0) is 57.6 Å². The monoisotopic (exact) mass is 391 g/mol. The number of piperidine rings is 1. The van der Waals surface area contributed by atoms with Gasteiger partial charge in [-0.15, -0.1) is 12.4 Å². The average Bonchev–Trinajstić information content (AvgIpc) is 2.61. The summed E-state index contributed by atoms with van der Waals surface area (Å²) in [7, 11) is 0.961. The average molecular weight is 392 g/mol. The molecule has 9 heteroatoms. The topological polar surface area (TPSA) is 87.7 Å². The summed E-state index contributed by atoms with van der Waals surface area (Å²) < 4.78 is 31.6. The molecule has 1 aliphatic heterocycles. The summed E-state index contributed by atoms with van der Waals surface area (Å²) in [6, 6.07) is 4.51. The van der Waals surface area contributed by atoms with Crippen molar-refractivity contribution in [3.8, 4) is 5.75 Å². The van der Waals surface area contributed by atoms with E-state index >= 15 is 0 Å². The second-order valence-electron chi connectivity index (χ2n) is 5.87. The van der Waals surface area contributed by atoms with Crippen LogP contribution in [0.15, 0.2) is 23.1 Å². The van der Waals surface area contributed by atoms with Gasteiger partial charge >= 0.3 is 0 Å². The second kappa shape index (κ2) is 9.38. The lowest BCUT2D eigenvalue weighted by Gasteiger charge is -2.32. The fraction of sp³-hybridized carbons (Fsp3) is 0.562. The van der Waals surface area contributed by atoms with Crippen molar-refractivity contribution >= 4 is 28.3 Å². The number of hydrogen-bond acceptors (Lipinski definition) is 5. The molecular formula is C16H26ClN3O4S. The predicted molar refractivity (Wildman–Crippen MR) is 99.0 cm³/mol. The fourth-order valence-electron chi connectivity index (χ4n) is 2.94. The van der Waals surface area contributed by atoms with Gasteiger partial charge in [-0.1, -0.05) is 0 Å². The molecule has 1 aromatic carbocycles. The van der Waals surface area contributed by atoms with Gasteiger partial charge in [-0.25, -0.2) is 13.1 Å². The molecule has 1 fully saturated rings. The zero-order valence-corrected chi connectivity index (χ0v) is 16.4. The minimum absolute atomic E-state index is 0. The number of ether oxygens (including phenoxy) is 1. The summed E-state index contributed by atoms with van der Waals surface area (Å²) in [6.07, 6.45) is 1.90. The third-order valence-corrected chi connectivity index (χ3v) is 5.80. The van der Waals surface area contributed by atoms with E-state index in [4.69, 9.17) is 4.74 Å². The second-order valence-corrected chi connectivity index (χ2v) is 7.72. The van der Waals surface area contributed by atoms with Crippen molar-refractivity contribution in [2.24, 2.45) is 5.92 Å². The molecule has 1 aromatic rings. The zero-order valence-electron chi connectivity index (χ0n) is 14.7. The predicted octanol–water partition coefficient (Wildman–Crippen LogP) is 1.10. The summed E-state index contributed by atoms with van der Waals surface area (Å²) >= 11 is 0. The number of nitrogens with zero attached hydrogens (tertiary/aromatic N) is 1. The molecule has 25 heavy (non-hydrogen) atoms. The molecule has 1 amide bonds. The number of hydrogen-bond donors (Lipinski definition) is 2. The number of benzene rings is 1. The number of likely N-dealkylation sites (tertiary alicyclic amines) is 1. The van der Waals surface area contributed by atoms with Gasteiger partial charge in [-0.3, -0.25) is 4.79 Å². The van der Waals surface area contributed by atoms with Gasteiger partial charge < -0.3 is 15.0 Å². The summed E-state index contributed by atoms with van der Waals surface area (Å²) in [5, 5.41) is 3.17. The minimum atomic E-state index is -3.70. The van der Waals surface area contributed by atoms with Gasteiger partial charge in [0.15, 0.2) is 0 Å². The molecule has 0 atom stereocenters. The molecule has 0 saturated carbocycles. The Labute approximate surface area is 155 Å². The highest BCUT2D eigenvalue weighted by Gasteiger charge is 2.25. The molecule has 7 nitrogen and oxygen atoms in total. The standard InChI is InChI=1S/C16H25N3O4S.ClH/c1-17-11-12-6-8-19(9-7-12)16(20)13-4-5-14(23-3)15(10-13)24(21,22)18-2;/h4-5,10,12,17-18H,6-9,11H2,1-3H3;1H. The third-order valence-electron chi connectivity index (χ3n) is 4.36. The number of methoxy groups -OCH3 is 1. The number of sulfonamides is 1. The third kappa shape index (κ3) is 5.07. The van der Waals surface area contributed by atoms with Crippen LogP contribution in [-0.4, -0.2) is 60.1 Å². The quantitative estimate of drug-likeness (QED) is 0.758. The first-order chi connectivity index (χ1) is 11.4. The van der Waals surface area contributed by atoms with Crippen molar-refractivity contribution in [3.05, 3.63) is 23.8 Å². The Hall–Kier alpha value is -1.35. The van der Waals surface area contributed by atoms with Crippen LogP contribution >= 0.6 is 12.4 Å². The maximum Gasteiger partial charge on any atom is 0.253 e. The number of rotatable bonds is 6. The Balaban J connectivity index is 0.00000312. The van der Waals surface area contributed by atoms with Crippen LogP contribution in [0.5, 0.6) is 5.75 Å². The molecule has 1 aliphatic rings. The lowest BCUT2D eigenvalue weighted by atomic mass is 9.96. The number of halogens is 1. The molecule has 0 bridgehead atoms. The lowest BCUT2D eigenvalue weighted by Crippen LogP contribution is -2.40. The van der Waals surface area contributed by atoms with Crippen molar-refractivity contribution in [2.45, 2.75) is 17.7 Å². The van der Waals surface area contributed by atoms with Gasteiger partial charge in [0.1, 0.15) is 10.6 Å². The largest absolute Gasteiger partial charge is 0.495 e. The Morgan fingerprint density at radius 2 is 1.92 bits per heavy atom. The SMILES string of the molecule is CNCC1CCN(C(=O)c2ccc(OC)c(S(=O)(=O)NC)c2)CC1.Cl. The van der Waals surface area contributed by atoms with E-state index in [0.29, 0.717) is 24.6 Å². The van der Waals surface area contributed by atoms with Gasteiger partial charge in [0.25, 0.3) is 5.91 Å². The molecule has 0 aromatic heterocycles. The van der Waals surface area contributed by atoms with Crippen LogP contribution in [0, 0.1) is 5.92 Å². The van der Waals surface area contributed by atoms with E-state index in [9.17, 15) is 13.2 Å². The highest BCUT2D eigenvalue weighted by Crippen LogP contribution is 2.26. The summed E-state index contributed by atoms with van der Waals surface area (Å²) in [6.45, 7) is 2.33. The minimum Gasteiger partial charge on any atom is -0.495 e. The molecule has 0 aliphatic carbocycles. The van der Waals surface area contributed by atoms with Gasteiger partial charge in [0, 0.05) is 18.7 Å². The summed E-state index contributed by atoms with van der Waals surface area (Å²) in [4.78, 5) is 14.4. The van der Waals surface area contributed by atoms with Gasteiger partial charge in [0.2, 0.25) is 10.0 Å². The lowest BCUT2D eigenvalue weighted by molar-refractivity contribution is 0.0690. The Kier molecular flexibility index (Phi) is 8.14. The van der Waals surface area contributed by atoms with E-state index in [0.717, 1.165) is 19.4 Å². The van der Waals surface area contributed by atoms with Crippen molar-refractivity contribution in [1.82, 2.24) is 14.9 Å². The molecule has 1 heterocycles. The number of carbonyl (C=O) groups excluding carboxylic acids is 1. The molecule has 1 saturated heterocycles. The molecule has 2 rings (SSSR count). The number of amides is 1. The molecule has 142 valence electrons. The Morgan fingerprint density at radius 3 is 2.44 bits per heavy atom.